The van der Waals surface area contributed by atoms with E-state index in [1.165, 1.54) is 6.07 Å². The number of halogens is 1. The molecule has 1 aromatic heterocycles. The molecular formula is C17H23FN2O3. The quantitative estimate of drug-likeness (QED) is 0.848. The third kappa shape index (κ3) is 3.53. The number of piperidine rings is 1. The molecule has 5 nitrogen and oxygen atoms in total. The summed E-state index contributed by atoms with van der Waals surface area (Å²) in [4.78, 5) is 18.4. The van der Waals surface area contributed by atoms with Gasteiger partial charge in [0.05, 0.1) is 25.3 Å². The molecular weight excluding hydrogens is 299 g/mol. The molecule has 0 N–H and O–H groups in total. The van der Waals surface area contributed by atoms with Crippen LogP contribution in [0.15, 0.2) is 18.3 Å². The SMILES string of the molecule is COCC12CCCOC1CCN(C(=O)Cc1ccc(F)cn1)C2. The van der Waals surface area contributed by atoms with Gasteiger partial charge in [0, 0.05) is 37.9 Å². The molecule has 3 heterocycles. The maximum absolute atomic E-state index is 12.9. The number of pyridine rings is 1. The van der Waals surface area contributed by atoms with Crippen LogP contribution in [0.2, 0.25) is 0 Å². The number of carbonyl (C=O) groups is 1. The summed E-state index contributed by atoms with van der Waals surface area (Å²) in [5.74, 6) is -0.357. The Morgan fingerprint density at radius 3 is 3.17 bits per heavy atom. The van der Waals surface area contributed by atoms with E-state index in [0.717, 1.165) is 32.1 Å². The van der Waals surface area contributed by atoms with E-state index in [0.29, 0.717) is 25.4 Å². The molecule has 126 valence electrons. The molecule has 2 fully saturated rings. The van der Waals surface area contributed by atoms with Crippen molar-refractivity contribution in [2.24, 2.45) is 5.41 Å². The van der Waals surface area contributed by atoms with Crippen LogP contribution in [-0.4, -0.2) is 55.3 Å². The number of amides is 1. The average Bonchev–Trinajstić information content (AvgIpc) is 2.56. The van der Waals surface area contributed by atoms with E-state index in [4.69, 9.17) is 9.47 Å². The number of hydrogen-bond acceptors (Lipinski definition) is 4. The van der Waals surface area contributed by atoms with Crippen LogP contribution in [-0.2, 0) is 20.7 Å². The van der Waals surface area contributed by atoms with Crippen molar-refractivity contribution in [3.63, 3.8) is 0 Å². The molecule has 2 aliphatic heterocycles. The Hall–Kier alpha value is -1.53. The van der Waals surface area contributed by atoms with Crippen LogP contribution < -0.4 is 0 Å². The first-order valence-corrected chi connectivity index (χ1v) is 8.12. The van der Waals surface area contributed by atoms with E-state index in [1.54, 1.807) is 13.2 Å². The van der Waals surface area contributed by atoms with Gasteiger partial charge < -0.3 is 14.4 Å². The fourth-order valence-corrected chi connectivity index (χ4v) is 3.78. The Bertz CT molecular complexity index is 547. The lowest BCUT2D eigenvalue weighted by Crippen LogP contribution is -2.58. The molecule has 0 spiro atoms. The molecule has 6 heteroatoms. The average molecular weight is 322 g/mol. The van der Waals surface area contributed by atoms with Crippen molar-refractivity contribution in [1.29, 1.82) is 0 Å². The highest BCUT2D eigenvalue weighted by Crippen LogP contribution is 2.40. The fraction of sp³-hybridized carbons (Fsp3) is 0.647. The second kappa shape index (κ2) is 6.93. The standard InChI is InChI=1S/C17H23FN2O3/c1-22-12-17-6-2-8-23-15(17)5-7-20(11-17)16(21)9-14-4-3-13(18)10-19-14/h3-4,10,15H,2,5-9,11-12H2,1H3. The van der Waals surface area contributed by atoms with Gasteiger partial charge in [0.1, 0.15) is 5.82 Å². The summed E-state index contributed by atoms with van der Waals surface area (Å²) >= 11 is 0. The number of rotatable bonds is 4. The van der Waals surface area contributed by atoms with E-state index in [9.17, 15) is 9.18 Å². The van der Waals surface area contributed by atoms with Gasteiger partial charge in [-0.2, -0.15) is 0 Å². The van der Waals surface area contributed by atoms with Gasteiger partial charge >= 0.3 is 0 Å². The van der Waals surface area contributed by atoms with Crippen molar-refractivity contribution < 1.29 is 18.7 Å². The second-order valence-corrected chi connectivity index (χ2v) is 6.51. The van der Waals surface area contributed by atoms with E-state index >= 15 is 0 Å². The summed E-state index contributed by atoms with van der Waals surface area (Å²) in [5, 5.41) is 0. The molecule has 0 aliphatic carbocycles. The highest BCUT2D eigenvalue weighted by Gasteiger charge is 2.46. The molecule has 1 amide bonds. The lowest BCUT2D eigenvalue weighted by atomic mass is 9.73. The zero-order valence-electron chi connectivity index (χ0n) is 13.5. The van der Waals surface area contributed by atoms with Crippen LogP contribution in [0.25, 0.3) is 0 Å². The number of methoxy groups -OCH3 is 1. The Labute approximate surface area is 135 Å². The largest absolute Gasteiger partial charge is 0.384 e. The molecule has 2 aliphatic rings. The van der Waals surface area contributed by atoms with Crippen molar-refractivity contribution >= 4 is 5.91 Å². The van der Waals surface area contributed by atoms with Crippen molar-refractivity contribution in [3.05, 3.63) is 29.8 Å². The smallest absolute Gasteiger partial charge is 0.228 e. The first-order valence-electron chi connectivity index (χ1n) is 8.12. The van der Waals surface area contributed by atoms with Crippen LogP contribution >= 0.6 is 0 Å². The molecule has 1 aromatic rings. The highest BCUT2D eigenvalue weighted by atomic mass is 19.1. The third-order valence-corrected chi connectivity index (χ3v) is 4.89. The number of hydrogen-bond donors (Lipinski definition) is 0. The number of fused-ring (bicyclic) bond motifs is 1. The number of likely N-dealkylation sites (tertiary alicyclic amines) is 1. The number of aromatic nitrogens is 1. The van der Waals surface area contributed by atoms with Gasteiger partial charge in [-0.3, -0.25) is 9.78 Å². The minimum atomic E-state index is -0.389. The Morgan fingerprint density at radius 1 is 1.57 bits per heavy atom. The summed E-state index contributed by atoms with van der Waals surface area (Å²) in [6, 6.07) is 2.90. The summed E-state index contributed by atoms with van der Waals surface area (Å²) in [6.07, 6.45) is 4.38. The van der Waals surface area contributed by atoms with E-state index in [2.05, 4.69) is 4.98 Å². The molecule has 2 unspecified atom stereocenters. The summed E-state index contributed by atoms with van der Waals surface area (Å²) in [6.45, 7) is 2.75. The lowest BCUT2D eigenvalue weighted by molar-refractivity contribution is -0.161. The van der Waals surface area contributed by atoms with Crippen molar-refractivity contribution in [2.75, 3.05) is 33.4 Å². The minimum Gasteiger partial charge on any atom is -0.384 e. The van der Waals surface area contributed by atoms with Crippen LogP contribution in [0.4, 0.5) is 4.39 Å². The second-order valence-electron chi connectivity index (χ2n) is 6.51. The van der Waals surface area contributed by atoms with Crippen molar-refractivity contribution in [3.8, 4) is 0 Å². The maximum atomic E-state index is 12.9. The first kappa shape index (κ1) is 16.3. The molecule has 2 saturated heterocycles. The normalized spacial score (nSPS) is 27.6. The van der Waals surface area contributed by atoms with Gasteiger partial charge in [0.25, 0.3) is 0 Å². The molecule has 0 bridgehead atoms. The molecule has 0 saturated carbocycles. The summed E-state index contributed by atoms with van der Waals surface area (Å²) in [5.41, 5.74) is 0.496. The molecule has 0 radical (unpaired) electrons. The van der Waals surface area contributed by atoms with Crippen molar-refractivity contribution in [1.82, 2.24) is 9.88 Å². The molecule has 0 aromatic carbocycles. The van der Waals surface area contributed by atoms with Crippen molar-refractivity contribution in [2.45, 2.75) is 31.8 Å². The van der Waals surface area contributed by atoms with Gasteiger partial charge in [0.2, 0.25) is 5.91 Å². The Kier molecular flexibility index (Phi) is 4.92. The molecule has 3 rings (SSSR count). The Balaban J connectivity index is 1.68. The van der Waals surface area contributed by atoms with Gasteiger partial charge in [-0.25, -0.2) is 4.39 Å². The highest BCUT2D eigenvalue weighted by molar-refractivity contribution is 5.78. The number of nitrogens with zero attached hydrogens (tertiary/aromatic N) is 2. The monoisotopic (exact) mass is 322 g/mol. The van der Waals surface area contributed by atoms with E-state index < -0.39 is 0 Å². The first-order chi connectivity index (χ1) is 11.1. The third-order valence-electron chi connectivity index (χ3n) is 4.89. The summed E-state index contributed by atoms with van der Waals surface area (Å²) in [7, 11) is 1.70. The van der Waals surface area contributed by atoms with Crippen LogP contribution in [0.1, 0.15) is 25.0 Å². The zero-order chi connectivity index (χ0) is 16.3. The number of carbonyl (C=O) groups excluding carboxylic acids is 1. The predicted molar refractivity (Wildman–Crippen MR) is 82.4 cm³/mol. The van der Waals surface area contributed by atoms with Gasteiger partial charge in [0.15, 0.2) is 0 Å². The lowest BCUT2D eigenvalue weighted by Gasteiger charge is -2.50. The minimum absolute atomic E-state index is 0.0311. The van der Waals surface area contributed by atoms with Gasteiger partial charge in [-0.15, -0.1) is 0 Å². The summed E-state index contributed by atoms with van der Waals surface area (Å²) < 4.78 is 24.3. The topological polar surface area (TPSA) is 51.7 Å². The maximum Gasteiger partial charge on any atom is 0.228 e. The number of ether oxygens (including phenoxy) is 2. The fourth-order valence-electron chi connectivity index (χ4n) is 3.78. The van der Waals surface area contributed by atoms with Crippen LogP contribution in [0.3, 0.4) is 0 Å². The van der Waals surface area contributed by atoms with Crippen LogP contribution in [0, 0.1) is 11.2 Å². The zero-order valence-corrected chi connectivity index (χ0v) is 13.5. The van der Waals surface area contributed by atoms with E-state index in [1.807, 2.05) is 4.90 Å². The molecule has 2 atom stereocenters. The van der Waals surface area contributed by atoms with E-state index in [-0.39, 0.29) is 29.7 Å². The van der Waals surface area contributed by atoms with Crippen LogP contribution in [0.5, 0.6) is 0 Å². The van der Waals surface area contributed by atoms with Gasteiger partial charge in [-0.1, -0.05) is 0 Å². The Morgan fingerprint density at radius 2 is 2.43 bits per heavy atom. The van der Waals surface area contributed by atoms with Gasteiger partial charge in [-0.05, 0) is 31.4 Å². The predicted octanol–water partition coefficient (Wildman–Crippen LogP) is 1.81. The molecule has 23 heavy (non-hydrogen) atoms.